The number of benzene rings is 2. The van der Waals surface area contributed by atoms with Gasteiger partial charge in [-0.3, -0.25) is 4.90 Å². The van der Waals surface area contributed by atoms with Crippen LogP contribution in [0.15, 0.2) is 54.7 Å². The van der Waals surface area contributed by atoms with Crippen molar-refractivity contribution in [2.75, 3.05) is 13.2 Å². The highest BCUT2D eigenvalue weighted by molar-refractivity contribution is 5.89. The molecule has 4 heteroatoms. The summed E-state index contributed by atoms with van der Waals surface area (Å²) >= 11 is 0. The summed E-state index contributed by atoms with van der Waals surface area (Å²) in [6, 6.07) is 16.3. The van der Waals surface area contributed by atoms with Crippen LogP contribution in [0, 0.1) is 6.92 Å². The van der Waals surface area contributed by atoms with E-state index in [2.05, 4.69) is 61.8 Å². The lowest BCUT2D eigenvalue weighted by molar-refractivity contribution is 0.0288. The Morgan fingerprint density at radius 1 is 1.07 bits per heavy atom. The molecule has 0 amide bonds. The number of nitrogens with zero attached hydrogens (tertiary/aromatic N) is 1. The number of hydrogen-bond donors (Lipinski definition) is 2. The van der Waals surface area contributed by atoms with Crippen molar-refractivity contribution >= 4 is 10.9 Å². The number of aliphatic hydroxyl groups excluding tert-OH is 1. The molecule has 0 spiro atoms. The molecule has 0 unspecified atom stereocenters. The fraction of sp³-hybridized carbons (Fsp3) is 0.391. The third-order valence-electron chi connectivity index (χ3n) is 4.89. The average molecular weight is 367 g/mol. The van der Waals surface area contributed by atoms with Gasteiger partial charge in [0.25, 0.3) is 0 Å². The zero-order valence-corrected chi connectivity index (χ0v) is 16.7. The van der Waals surface area contributed by atoms with Crippen LogP contribution in [0.25, 0.3) is 10.9 Å². The Morgan fingerprint density at radius 3 is 2.52 bits per heavy atom. The first-order valence-electron chi connectivity index (χ1n) is 9.51. The highest BCUT2D eigenvalue weighted by Crippen LogP contribution is 2.28. The van der Waals surface area contributed by atoms with Gasteiger partial charge in [-0.05, 0) is 51.0 Å². The van der Waals surface area contributed by atoms with Crippen molar-refractivity contribution in [2.45, 2.75) is 45.9 Å². The lowest BCUT2D eigenvalue weighted by Crippen LogP contribution is -2.46. The zero-order valence-electron chi connectivity index (χ0n) is 16.7. The molecule has 2 N–H and O–H groups in total. The second-order valence-electron chi connectivity index (χ2n) is 8.15. The molecule has 4 nitrogen and oxygen atoms in total. The number of aromatic nitrogens is 1. The largest absolute Gasteiger partial charge is 0.490 e. The normalized spacial score (nSPS) is 13.3. The van der Waals surface area contributed by atoms with E-state index in [1.165, 1.54) is 5.56 Å². The molecule has 2 aromatic carbocycles. The molecule has 0 saturated heterocycles. The van der Waals surface area contributed by atoms with Crippen LogP contribution in [-0.4, -0.2) is 39.8 Å². The Kier molecular flexibility index (Phi) is 5.88. The van der Waals surface area contributed by atoms with Gasteiger partial charge in [0.15, 0.2) is 0 Å². The molecular formula is C23H30N2O2. The van der Waals surface area contributed by atoms with Gasteiger partial charge in [0, 0.05) is 35.7 Å². The number of β-amino-alcohol motifs (C(OH)–C–C–N with tert-alkyl or cyclic N) is 1. The van der Waals surface area contributed by atoms with Crippen molar-refractivity contribution in [3.05, 3.63) is 65.9 Å². The number of aromatic amines is 1. The first-order valence-corrected chi connectivity index (χ1v) is 9.51. The van der Waals surface area contributed by atoms with Gasteiger partial charge in [0.2, 0.25) is 0 Å². The number of ether oxygens (including phenoxy) is 1. The fourth-order valence-electron chi connectivity index (χ4n) is 3.31. The van der Waals surface area contributed by atoms with E-state index < -0.39 is 6.10 Å². The summed E-state index contributed by atoms with van der Waals surface area (Å²) in [5.41, 5.74) is 3.40. The van der Waals surface area contributed by atoms with E-state index in [9.17, 15) is 5.11 Å². The van der Waals surface area contributed by atoms with Crippen molar-refractivity contribution in [1.29, 1.82) is 0 Å². The van der Waals surface area contributed by atoms with Crippen molar-refractivity contribution in [2.24, 2.45) is 0 Å². The lowest BCUT2D eigenvalue weighted by atomic mass is 10.0. The third kappa shape index (κ3) is 4.90. The van der Waals surface area contributed by atoms with Crippen LogP contribution in [0.1, 0.15) is 31.9 Å². The Labute approximate surface area is 161 Å². The van der Waals surface area contributed by atoms with E-state index in [1.54, 1.807) is 0 Å². The van der Waals surface area contributed by atoms with E-state index in [0.717, 1.165) is 28.8 Å². The highest BCUT2D eigenvalue weighted by atomic mass is 16.5. The minimum atomic E-state index is -0.567. The van der Waals surface area contributed by atoms with E-state index in [1.807, 2.05) is 30.5 Å². The summed E-state index contributed by atoms with van der Waals surface area (Å²) in [5, 5.41) is 11.7. The molecule has 3 aromatic rings. The summed E-state index contributed by atoms with van der Waals surface area (Å²) in [5.74, 6) is 0.815. The maximum atomic E-state index is 10.6. The van der Waals surface area contributed by atoms with Gasteiger partial charge in [-0.25, -0.2) is 0 Å². The Morgan fingerprint density at radius 2 is 1.81 bits per heavy atom. The smallest absolute Gasteiger partial charge is 0.129 e. The van der Waals surface area contributed by atoms with Crippen molar-refractivity contribution < 1.29 is 9.84 Å². The standard InChI is InChI=1S/C23H30N2O2/c1-17-13-24-20-11-8-12-21(22(17)20)27-16-19(26)15-25(23(2,3)4)14-18-9-6-5-7-10-18/h5-13,19,24,26H,14-16H2,1-4H3/t19-/m0/s1. The molecule has 0 radical (unpaired) electrons. The molecule has 0 saturated carbocycles. The monoisotopic (exact) mass is 366 g/mol. The van der Waals surface area contributed by atoms with E-state index in [0.29, 0.717) is 6.54 Å². The first-order chi connectivity index (χ1) is 12.8. The van der Waals surface area contributed by atoms with Gasteiger partial charge in [-0.15, -0.1) is 0 Å². The number of fused-ring (bicyclic) bond motifs is 1. The van der Waals surface area contributed by atoms with Gasteiger partial charge in [0.1, 0.15) is 18.5 Å². The third-order valence-corrected chi connectivity index (χ3v) is 4.89. The van der Waals surface area contributed by atoms with E-state index >= 15 is 0 Å². The van der Waals surface area contributed by atoms with E-state index in [-0.39, 0.29) is 12.1 Å². The predicted molar refractivity (Wildman–Crippen MR) is 111 cm³/mol. The van der Waals surface area contributed by atoms with Crippen LogP contribution in [-0.2, 0) is 6.54 Å². The Hall–Kier alpha value is -2.30. The molecule has 1 atom stereocenters. The van der Waals surface area contributed by atoms with Crippen molar-refractivity contribution in [3.8, 4) is 5.75 Å². The molecular weight excluding hydrogens is 336 g/mol. The van der Waals surface area contributed by atoms with Crippen molar-refractivity contribution in [3.63, 3.8) is 0 Å². The fourth-order valence-corrected chi connectivity index (χ4v) is 3.31. The summed E-state index contributed by atoms with van der Waals surface area (Å²) < 4.78 is 5.99. The Bertz CT molecular complexity index is 865. The maximum Gasteiger partial charge on any atom is 0.129 e. The molecule has 144 valence electrons. The molecule has 0 bridgehead atoms. The zero-order chi connectivity index (χ0) is 19.4. The highest BCUT2D eigenvalue weighted by Gasteiger charge is 2.24. The minimum Gasteiger partial charge on any atom is -0.490 e. The molecule has 0 aliphatic rings. The van der Waals surface area contributed by atoms with Crippen molar-refractivity contribution in [1.82, 2.24) is 9.88 Å². The SMILES string of the molecule is Cc1c[nH]c2cccc(OC[C@@H](O)CN(Cc3ccccc3)C(C)(C)C)c12. The predicted octanol–water partition coefficient (Wildman–Crippen LogP) is 4.52. The molecule has 0 fully saturated rings. The summed E-state index contributed by atoms with van der Waals surface area (Å²) in [7, 11) is 0. The average Bonchev–Trinajstić information content (AvgIpc) is 3.01. The molecule has 0 aliphatic carbocycles. The van der Waals surface area contributed by atoms with Gasteiger partial charge in [-0.2, -0.15) is 0 Å². The van der Waals surface area contributed by atoms with Gasteiger partial charge in [-0.1, -0.05) is 36.4 Å². The first kappa shape index (κ1) is 19.5. The number of hydrogen-bond acceptors (Lipinski definition) is 3. The van der Waals surface area contributed by atoms with Gasteiger partial charge < -0.3 is 14.8 Å². The van der Waals surface area contributed by atoms with Gasteiger partial charge in [0.05, 0.1) is 0 Å². The molecule has 3 rings (SSSR count). The number of aryl methyl sites for hydroxylation is 1. The molecule has 0 aliphatic heterocycles. The van der Waals surface area contributed by atoms with Crippen LogP contribution in [0.5, 0.6) is 5.75 Å². The Balaban J connectivity index is 1.65. The minimum absolute atomic E-state index is 0.0476. The van der Waals surface area contributed by atoms with Crippen LogP contribution in [0.4, 0.5) is 0 Å². The summed E-state index contributed by atoms with van der Waals surface area (Å²) in [6.07, 6.45) is 1.41. The second-order valence-corrected chi connectivity index (χ2v) is 8.15. The topological polar surface area (TPSA) is 48.5 Å². The molecule has 1 aromatic heterocycles. The second kappa shape index (κ2) is 8.15. The van der Waals surface area contributed by atoms with E-state index in [4.69, 9.17) is 4.74 Å². The quantitative estimate of drug-likeness (QED) is 0.646. The summed E-state index contributed by atoms with van der Waals surface area (Å²) in [4.78, 5) is 5.53. The molecule has 27 heavy (non-hydrogen) atoms. The number of nitrogens with one attached hydrogen (secondary N) is 1. The number of H-pyrrole nitrogens is 1. The number of aliphatic hydroxyl groups is 1. The van der Waals surface area contributed by atoms with Gasteiger partial charge >= 0.3 is 0 Å². The van der Waals surface area contributed by atoms with Crippen LogP contribution >= 0.6 is 0 Å². The van der Waals surface area contributed by atoms with Crippen LogP contribution in [0.2, 0.25) is 0 Å². The lowest BCUT2D eigenvalue weighted by Gasteiger charge is -2.37. The molecule has 1 heterocycles. The van der Waals surface area contributed by atoms with Crippen LogP contribution in [0.3, 0.4) is 0 Å². The summed E-state index contributed by atoms with van der Waals surface area (Å²) in [6.45, 7) is 10.2. The van der Waals surface area contributed by atoms with Crippen LogP contribution < -0.4 is 4.74 Å². The number of rotatable bonds is 7. The maximum absolute atomic E-state index is 10.6.